The Kier molecular flexibility index (Phi) is 19.0. The minimum absolute atomic E-state index is 0.0615. The lowest BCUT2D eigenvalue weighted by atomic mass is 10.0. The van der Waals surface area contributed by atoms with Crippen molar-refractivity contribution >= 4 is 53.2 Å². The van der Waals surface area contributed by atoms with Crippen LogP contribution < -0.4 is 54.4 Å². The second kappa shape index (κ2) is 22.0. The maximum atomic E-state index is 13.4. The summed E-state index contributed by atoms with van der Waals surface area (Å²) >= 11 is 0. The maximum Gasteiger partial charge on any atom is 0.303 e. The number of nitrogens with one attached hydrogen (secondary N) is 7. The lowest BCUT2D eigenvalue weighted by Crippen LogP contribution is -2.60. The minimum atomic E-state index is -1.60. The van der Waals surface area contributed by atoms with E-state index in [-0.39, 0.29) is 19.4 Å². The van der Waals surface area contributed by atoms with Crippen LogP contribution in [-0.2, 0) is 43.2 Å². The summed E-state index contributed by atoms with van der Waals surface area (Å²) in [6.07, 6.45) is 0.789. The molecule has 8 amide bonds. The molecule has 0 aliphatic carbocycles. The first kappa shape index (κ1) is 43.2. The van der Waals surface area contributed by atoms with Crippen LogP contribution >= 0.6 is 0 Å². The number of hydrogen-bond donors (Lipinski definition) is 11. The van der Waals surface area contributed by atoms with E-state index in [4.69, 9.17) is 22.3 Å². The predicted octanol–water partition coefficient (Wildman–Crippen LogP) is -4.69. The van der Waals surface area contributed by atoms with Crippen LogP contribution in [0.5, 0.6) is 0 Å². The summed E-state index contributed by atoms with van der Waals surface area (Å²) in [6, 6.07) is -7.15. The number of aliphatic carboxylic acids is 1. The molecule has 0 bridgehead atoms. The van der Waals surface area contributed by atoms with Gasteiger partial charge >= 0.3 is 5.97 Å². The molecule has 0 spiro atoms. The van der Waals surface area contributed by atoms with Gasteiger partial charge in [0.1, 0.15) is 30.2 Å². The zero-order valence-corrected chi connectivity index (χ0v) is 28.7. The van der Waals surface area contributed by atoms with Gasteiger partial charge in [-0.1, -0.05) is 13.8 Å². The lowest BCUT2D eigenvalue weighted by Gasteiger charge is -2.27. The number of nitrogens with two attached hydrogens (primary N) is 3. The highest BCUT2D eigenvalue weighted by molar-refractivity contribution is 5.98. The van der Waals surface area contributed by atoms with Crippen molar-refractivity contribution < 1.29 is 48.3 Å². The molecule has 1 aliphatic rings. The van der Waals surface area contributed by atoms with Crippen molar-refractivity contribution in [3.8, 4) is 0 Å². The SMILES string of the molecule is CC(C)[C@H](NC(=O)[C@H](CCCCN)NC(=O)[C@H](CC(N)=O)NC(=O)[C@H](C)NC(=O)[C@H](CCC(=O)O)NC(=O)[C@@H]1CCCN1)C(=O)NCC(N)=O. The maximum absolute atomic E-state index is 13.4. The highest BCUT2D eigenvalue weighted by Crippen LogP contribution is 2.09. The molecule has 282 valence electrons. The number of rotatable bonds is 23. The van der Waals surface area contributed by atoms with Gasteiger partial charge in [0.05, 0.1) is 19.0 Å². The Morgan fingerprint density at radius 1 is 0.740 bits per heavy atom. The van der Waals surface area contributed by atoms with Crippen molar-refractivity contribution in [2.24, 2.45) is 23.1 Å². The molecule has 1 aliphatic heterocycles. The molecule has 1 fully saturated rings. The molecule has 20 nitrogen and oxygen atoms in total. The summed E-state index contributed by atoms with van der Waals surface area (Å²) in [4.78, 5) is 112. The van der Waals surface area contributed by atoms with E-state index >= 15 is 0 Å². The fraction of sp³-hybridized carbons (Fsp3) is 0.700. The van der Waals surface area contributed by atoms with Gasteiger partial charge in [0.2, 0.25) is 47.3 Å². The third-order valence-electron chi connectivity index (χ3n) is 7.71. The van der Waals surface area contributed by atoms with Crippen LogP contribution in [0.1, 0.15) is 72.1 Å². The third-order valence-corrected chi connectivity index (χ3v) is 7.71. The van der Waals surface area contributed by atoms with Gasteiger partial charge < -0.3 is 59.5 Å². The van der Waals surface area contributed by atoms with Crippen molar-refractivity contribution in [2.75, 3.05) is 19.6 Å². The van der Waals surface area contributed by atoms with E-state index in [2.05, 4.69) is 37.2 Å². The van der Waals surface area contributed by atoms with E-state index in [1.807, 2.05) is 0 Å². The molecule has 1 rings (SSSR count). The number of carboxylic acids is 1. The topological polar surface area (TPSA) is 336 Å². The average molecular weight is 713 g/mol. The van der Waals surface area contributed by atoms with Crippen LogP contribution in [0.3, 0.4) is 0 Å². The van der Waals surface area contributed by atoms with Crippen LogP contribution in [0.25, 0.3) is 0 Å². The highest BCUT2D eigenvalue weighted by atomic mass is 16.4. The number of amides is 8. The van der Waals surface area contributed by atoms with Crippen molar-refractivity contribution in [3.05, 3.63) is 0 Å². The zero-order chi connectivity index (χ0) is 38.0. The summed E-state index contributed by atoms with van der Waals surface area (Å²) in [5.41, 5.74) is 16.0. The number of carbonyl (C=O) groups is 9. The Bertz CT molecular complexity index is 1240. The second-order valence-corrected chi connectivity index (χ2v) is 12.4. The molecule has 0 radical (unpaired) electrons. The Balaban J connectivity index is 3.07. The van der Waals surface area contributed by atoms with Crippen molar-refractivity contribution in [1.29, 1.82) is 0 Å². The van der Waals surface area contributed by atoms with Gasteiger partial charge in [0.25, 0.3) is 0 Å². The molecule has 14 N–H and O–H groups in total. The minimum Gasteiger partial charge on any atom is -0.481 e. The van der Waals surface area contributed by atoms with E-state index in [1.54, 1.807) is 13.8 Å². The number of carboxylic acid groups (broad SMARTS) is 1. The summed E-state index contributed by atoms with van der Waals surface area (Å²) in [5, 5.41) is 26.6. The molecular formula is C30H52N10O10. The first-order valence-electron chi connectivity index (χ1n) is 16.5. The first-order valence-corrected chi connectivity index (χ1v) is 16.5. The van der Waals surface area contributed by atoms with Crippen molar-refractivity contribution in [3.63, 3.8) is 0 Å². The van der Waals surface area contributed by atoms with Gasteiger partial charge in [-0.3, -0.25) is 43.2 Å². The fourth-order valence-corrected chi connectivity index (χ4v) is 4.91. The quantitative estimate of drug-likeness (QED) is 0.0445. The molecule has 0 aromatic heterocycles. The normalized spacial score (nSPS) is 16.9. The Morgan fingerprint density at radius 2 is 1.34 bits per heavy atom. The summed E-state index contributed by atoms with van der Waals surface area (Å²) in [5.74, 6) is -8.14. The monoisotopic (exact) mass is 712 g/mol. The van der Waals surface area contributed by atoms with E-state index in [1.165, 1.54) is 6.92 Å². The van der Waals surface area contributed by atoms with Crippen LogP contribution in [0.2, 0.25) is 0 Å². The van der Waals surface area contributed by atoms with E-state index in [0.717, 1.165) is 6.42 Å². The summed E-state index contributed by atoms with van der Waals surface area (Å²) < 4.78 is 0. The number of carbonyl (C=O) groups excluding carboxylic acids is 8. The van der Waals surface area contributed by atoms with Gasteiger partial charge in [-0.25, -0.2) is 0 Å². The Hall–Kier alpha value is -4.85. The number of unbranched alkanes of at least 4 members (excludes halogenated alkanes) is 1. The largest absolute Gasteiger partial charge is 0.481 e. The summed E-state index contributed by atoms with van der Waals surface area (Å²) in [6.45, 7) is 4.98. The smallest absolute Gasteiger partial charge is 0.303 e. The molecule has 1 heterocycles. The highest BCUT2D eigenvalue weighted by Gasteiger charge is 2.33. The number of hydrogen-bond acceptors (Lipinski definition) is 11. The van der Waals surface area contributed by atoms with Crippen LogP contribution in [-0.4, -0.2) is 114 Å². The molecule has 20 heteroatoms. The molecular weight excluding hydrogens is 660 g/mol. The molecule has 0 aromatic carbocycles. The van der Waals surface area contributed by atoms with Crippen LogP contribution in [0.15, 0.2) is 0 Å². The van der Waals surface area contributed by atoms with Crippen molar-refractivity contribution in [2.45, 2.75) is 108 Å². The van der Waals surface area contributed by atoms with Crippen LogP contribution in [0.4, 0.5) is 0 Å². The van der Waals surface area contributed by atoms with Gasteiger partial charge in [-0.05, 0) is 64.5 Å². The number of primary amides is 2. The Labute approximate surface area is 289 Å². The lowest BCUT2D eigenvalue weighted by molar-refractivity contribution is -0.138. The standard InChI is InChI=1S/C30H52N10O10/c1-15(2)24(30(50)35-14-22(33)42)40-28(48)18(7-4-5-11-31)37-29(49)20(13-21(32)41)39-25(45)16(3)36-27(47)19(9-10-23(43)44)38-26(46)17-8-6-12-34-17/h15-20,24,34H,4-14,31H2,1-3H3,(H2,32,41)(H2,33,42)(H,35,50)(H,36,47)(H,37,49)(H,38,46)(H,39,45)(H,40,48)(H,43,44)/t16-,17-,18-,19-,20-,24-/m0/s1. The van der Waals surface area contributed by atoms with Gasteiger partial charge in [0, 0.05) is 6.42 Å². The van der Waals surface area contributed by atoms with Gasteiger partial charge in [-0.2, -0.15) is 0 Å². The van der Waals surface area contributed by atoms with Crippen molar-refractivity contribution in [1.82, 2.24) is 37.2 Å². The molecule has 6 atom stereocenters. The fourth-order valence-electron chi connectivity index (χ4n) is 4.91. The predicted molar refractivity (Wildman–Crippen MR) is 177 cm³/mol. The summed E-state index contributed by atoms with van der Waals surface area (Å²) in [7, 11) is 0. The Morgan fingerprint density at radius 3 is 1.88 bits per heavy atom. The second-order valence-electron chi connectivity index (χ2n) is 12.4. The molecule has 0 saturated carbocycles. The zero-order valence-electron chi connectivity index (χ0n) is 28.7. The molecule has 50 heavy (non-hydrogen) atoms. The third kappa shape index (κ3) is 16.0. The van der Waals surface area contributed by atoms with Crippen LogP contribution in [0, 0.1) is 5.92 Å². The molecule has 0 unspecified atom stereocenters. The van der Waals surface area contributed by atoms with E-state index in [9.17, 15) is 43.2 Å². The average Bonchev–Trinajstić information content (AvgIpc) is 3.58. The molecule has 0 aromatic rings. The van der Waals surface area contributed by atoms with Gasteiger partial charge in [0.15, 0.2) is 0 Å². The molecule has 1 saturated heterocycles. The van der Waals surface area contributed by atoms with E-state index in [0.29, 0.717) is 25.8 Å². The van der Waals surface area contributed by atoms with E-state index < -0.39 is 115 Å². The first-order chi connectivity index (χ1) is 23.5. The van der Waals surface area contributed by atoms with Gasteiger partial charge in [-0.15, -0.1) is 0 Å².